The summed E-state index contributed by atoms with van der Waals surface area (Å²) in [7, 11) is 0. The van der Waals surface area contributed by atoms with Crippen LogP contribution >= 0.6 is 11.6 Å². The number of halogens is 1. The highest BCUT2D eigenvalue weighted by molar-refractivity contribution is 6.29. The standard InChI is InChI=1S/C13H19ClN4O/c1-2-7-15-13(19)10-5-8-18(9-6-10)12-4-3-11(14)16-17-12/h3-4,10H,2,5-9H2,1H3,(H,15,19). The number of rotatable bonds is 4. The molecule has 1 amide bonds. The van der Waals surface area contributed by atoms with Crippen molar-refractivity contribution in [2.45, 2.75) is 26.2 Å². The van der Waals surface area contributed by atoms with Crippen LogP contribution in [-0.4, -0.2) is 35.7 Å². The van der Waals surface area contributed by atoms with E-state index in [4.69, 9.17) is 11.6 Å². The summed E-state index contributed by atoms with van der Waals surface area (Å²) in [6.07, 6.45) is 2.70. The first kappa shape index (κ1) is 14.1. The van der Waals surface area contributed by atoms with Crippen LogP contribution in [0.2, 0.25) is 5.15 Å². The molecular formula is C13H19ClN4O. The predicted molar refractivity (Wildman–Crippen MR) is 75.3 cm³/mol. The molecule has 6 heteroatoms. The first-order chi connectivity index (χ1) is 9.20. The third kappa shape index (κ3) is 3.80. The number of hydrogen-bond acceptors (Lipinski definition) is 4. The fraction of sp³-hybridized carbons (Fsp3) is 0.615. The van der Waals surface area contributed by atoms with Crippen molar-refractivity contribution in [2.75, 3.05) is 24.5 Å². The van der Waals surface area contributed by atoms with Crippen LogP contribution in [0.1, 0.15) is 26.2 Å². The molecular weight excluding hydrogens is 264 g/mol. The maximum atomic E-state index is 11.9. The summed E-state index contributed by atoms with van der Waals surface area (Å²) in [4.78, 5) is 14.0. The number of nitrogens with zero attached hydrogens (tertiary/aromatic N) is 3. The van der Waals surface area contributed by atoms with Gasteiger partial charge in [0.1, 0.15) is 0 Å². The van der Waals surface area contributed by atoms with Crippen LogP contribution in [0.25, 0.3) is 0 Å². The second-order valence-corrected chi connectivity index (χ2v) is 5.15. The molecule has 0 unspecified atom stereocenters. The van der Waals surface area contributed by atoms with Crippen molar-refractivity contribution in [3.8, 4) is 0 Å². The largest absolute Gasteiger partial charge is 0.356 e. The van der Waals surface area contributed by atoms with Crippen LogP contribution in [0.3, 0.4) is 0 Å². The Morgan fingerprint density at radius 2 is 2.16 bits per heavy atom. The molecule has 104 valence electrons. The molecule has 1 aliphatic heterocycles. The topological polar surface area (TPSA) is 58.1 Å². The third-order valence-corrected chi connectivity index (χ3v) is 3.56. The first-order valence-corrected chi connectivity index (χ1v) is 7.10. The fourth-order valence-electron chi connectivity index (χ4n) is 2.24. The molecule has 1 aliphatic rings. The molecule has 1 aromatic heterocycles. The summed E-state index contributed by atoms with van der Waals surface area (Å²) in [5, 5.41) is 11.3. The Morgan fingerprint density at radius 3 is 2.74 bits per heavy atom. The average Bonchev–Trinajstić information content (AvgIpc) is 2.46. The van der Waals surface area contributed by atoms with Crippen LogP contribution in [0.5, 0.6) is 0 Å². The quantitative estimate of drug-likeness (QED) is 0.916. The van der Waals surface area contributed by atoms with Gasteiger partial charge in [0.05, 0.1) is 0 Å². The minimum Gasteiger partial charge on any atom is -0.356 e. The highest BCUT2D eigenvalue weighted by atomic mass is 35.5. The molecule has 0 aromatic carbocycles. The normalized spacial score (nSPS) is 16.4. The second-order valence-electron chi connectivity index (χ2n) is 4.77. The van der Waals surface area contributed by atoms with Crippen molar-refractivity contribution in [3.05, 3.63) is 17.3 Å². The molecule has 2 heterocycles. The first-order valence-electron chi connectivity index (χ1n) is 6.72. The SMILES string of the molecule is CCCNC(=O)C1CCN(c2ccc(Cl)nn2)CC1. The monoisotopic (exact) mass is 282 g/mol. The van der Waals surface area contributed by atoms with Crippen molar-refractivity contribution in [2.24, 2.45) is 5.92 Å². The van der Waals surface area contributed by atoms with Gasteiger partial charge in [-0.25, -0.2) is 0 Å². The molecule has 0 bridgehead atoms. The van der Waals surface area contributed by atoms with Gasteiger partial charge in [0.25, 0.3) is 0 Å². The lowest BCUT2D eigenvalue weighted by atomic mass is 9.96. The molecule has 0 atom stereocenters. The van der Waals surface area contributed by atoms with Crippen LogP contribution in [-0.2, 0) is 4.79 Å². The Balaban J connectivity index is 1.85. The molecule has 0 aliphatic carbocycles. The van der Waals surface area contributed by atoms with Crippen molar-refractivity contribution in [1.29, 1.82) is 0 Å². The Labute approximate surface area is 118 Å². The minimum atomic E-state index is 0.128. The molecule has 0 spiro atoms. The van der Waals surface area contributed by atoms with E-state index in [9.17, 15) is 4.79 Å². The van der Waals surface area contributed by atoms with Gasteiger partial charge in [0, 0.05) is 25.6 Å². The van der Waals surface area contributed by atoms with E-state index in [0.29, 0.717) is 5.15 Å². The van der Waals surface area contributed by atoms with E-state index < -0.39 is 0 Å². The highest BCUT2D eigenvalue weighted by Gasteiger charge is 2.25. The predicted octanol–water partition coefficient (Wildman–Crippen LogP) is 1.87. The number of amides is 1. The lowest BCUT2D eigenvalue weighted by molar-refractivity contribution is -0.125. The number of nitrogens with one attached hydrogen (secondary N) is 1. The van der Waals surface area contributed by atoms with Crippen molar-refractivity contribution in [3.63, 3.8) is 0 Å². The van der Waals surface area contributed by atoms with E-state index in [1.54, 1.807) is 6.07 Å². The van der Waals surface area contributed by atoms with Crippen molar-refractivity contribution < 1.29 is 4.79 Å². The molecule has 2 rings (SSSR count). The molecule has 19 heavy (non-hydrogen) atoms. The average molecular weight is 283 g/mol. The zero-order valence-corrected chi connectivity index (χ0v) is 11.9. The van der Waals surface area contributed by atoms with Gasteiger partial charge >= 0.3 is 0 Å². The van der Waals surface area contributed by atoms with Gasteiger partial charge in [0.15, 0.2) is 11.0 Å². The molecule has 1 fully saturated rings. The maximum absolute atomic E-state index is 11.9. The van der Waals surface area contributed by atoms with Gasteiger partial charge in [-0.3, -0.25) is 4.79 Å². The van der Waals surface area contributed by atoms with E-state index in [1.807, 2.05) is 6.07 Å². The smallest absolute Gasteiger partial charge is 0.223 e. The van der Waals surface area contributed by atoms with E-state index in [1.165, 1.54) is 0 Å². The summed E-state index contributed by atoms with van der Waals surface area (Å²) in [6, 6.07) is 3.61. The van der Waals surface area contributed by atoms with Gasteiger partial charge in [-0.2, -0.15) is 0 Å². The molecule has 1 aromatic rings. The summed E-state index contributed by atoms with van der Waals surface area (Å²) in [5.41, 5.74) is 0. The van der Waals surface area contributed by atoms with Crippen LogP contribution in [0.4, 0.5) is 5.82 Å². The van der Waals surface area contributed by atoms with Gasteiger partial charge in [-0.1, -0.05) is 18.5 Å². The number of hydrogen-bond donors (Lipinski definition) is 1. The number of carbonyl (C=O) groups is 1. The van der Waals surface area contributed by atoms with E-state index in [0.717, 1.165) is 44.7 Å². The highest BCUT2D eigenvalue weighted by Crippen LogP contribution is 2.22. The fourth-order valence-corrected chi connectivity index (χ4v) is 2.34. The number of carbonyl (C=O) groups excluding carboxylic acids is 1. The Bertz CT molecular complexity index is 415. The molecule has 1 saturated heterocycles. The van der Waals surface area contributed by atoms with E-state index in [-0.39, 0.29) is 11.8 Å². The van der Waals surface area contributed by atoms with Crippen molar-refractivity contribution >= 4 is 23.3 Å². The molecule has 5 nitrogen and oxygen atoms in total. The number of piperidine rings is 1. The van der Waals surface area contributed by atoms with Gasteiger partial charge in [-0.05, 0) is 31.4 Å². The summed E-state index contributed by atoms with van der Waals surface area (Å²) >= 11 is 5.72. The Hall–Kier alpha value is -1.36. The number of anilines is 1. The third-order valence-electron chi connectivity index (χ3n) is 3.36. The van der Waals surface area contributed by atoms with E-state index >= 15 is 0 Å². The van der Waals surface area contributed by atoms with Crippen molar-refractivity contribution in [1.82, 2.24) is 15.5 Å². The van der Waals surface area contributed by atoms with Gasteiger partial charge in [0.2, 0.25) is 5.91 Å². The van der Waals surface area contributed by atoms with E-state index in [2.05, 4.69) is 27.3 Å². The number of aromatic nitrogens is 2. The zero-order valence-electron chi connectivity index (χ0n) is 11.1. The lowest BCUT2D eigenvalue weighted by Gasteiger charge is -2.31. The minimum absolute atomic E-state index is 0.128. The second kappa shape index (κ2) is 6.70. The molecule has 0 saturated carbocycles. The molecule has 0 radical (unpaired) electrons. The Morgan fingerprint density at radius 1 is 1.42 bits per heavy atom. The maximum Gasteiger partial charge on any atom is 0.223 e. The van der Waals surface area contributed by atoms with Gasteiger partial charge < -0.3 is 10.2 Å². The van der Waals surface area contributed by atoms with Crippen LogP contribution in [0.15, 0.2) is 12.1 Å². The molecule has 1 N–H and O–H groups in total. The summed E-state index contributed by atoms with van der Waals surface area (Å²) < 4.78 is 0. The zero-order chi connectivity index (χ0) is 13.7. The Kier molecular flexibility index (Phi) is 4.96. The van der Waals surface area contributed by atoms with Gasteiger partial charge in [-0.15, -0.1) is 10.2 Å². The van der Waals surface area contributed by atoms with Crippen LogP contribution in [0, 0.1) is 5.92 Å². The lowest BCUT2D eigenvalue weighted by Crippen LogP contribution is -2.41. The summed E-state index contributed by atoms with van der Waals surface area (Å²) in [6.45, 7) is 4.49. The van der Waals surface area contributed by atoms with Crippen LogP contribution < -0.4 is 10.2 Å². The summed E-state index contributed by atoms with van der Waals surface area (Å²) in [5.74, 6) is 1.14.